The molecule has 2 aliphatic rings. The number of ether oxygens (including phenoxy) is 1. The Kier molecular flexibility index (Phi) is 4.74. The van der Waals surface area contributed by atoms with E-state index in [0.29, 0.717) is 5.69 Å². The highest BCUT2D eigenvalue weighted by Gasteiger charge is 2.41. The molecule has 2 aliphatic heterocycles. The van der Waals surface area contributed by atoms with E-state index in [9.17, 15) is 4.79 Å². The van der Waals surface area contributed by atoms with Crippen LogP contribution in [0.2, 0.25) is 0 Å². The second kappa shape index (κ2) is 6.75. The Balaban J connectivity index is 1.82. The first kappa shape index (κ1) is 15.4. The normalized spacial score (nSPS) is 22.5. The van der Waals surface area contributed by atoms with Crippen LogP contribution >= 0.6 is 0 Å². The molecule has 5 nitrogen and oxygen atoms in total. The van der Waals surface area contributed by atoms with Crippen molar-refractivity contribution in [3.63, 3.8) is 0 Å². The highest BCUT2D eigenvalue weighted by molar-refractivity contribution is 5.92. The zero-order chi connectivity index (χ0) is 15.4. The number of hydrogen-bond donors (Lipinski definition) is 0. The van der Waals surface area contributed by atoms with Gasteiger partial charge in [-0.25, -0.2) is 0 Å². The molecule has 5 heteroatoms. The van der Waals surface area contributed by atoms with Crippen LogP contribution in [-0.4, -0.2) is 65.6 Å². The van der Waals surface area contributed by atoms with Crippen LogP contribution in [0, 0.1) is 0 Å². The number of carbonyl (C=O) groups excluding carboxylic acids is 1. The lowest BCUT2D eigenvalue weighted by Crippen LogP contribution is -2.57. The van der Waals surface area contributed by atoms with Crippen LogP contribution in [0.1, 0.15) is 36.7 Å². The maximum absolute atomic E-state index is 12.8. The predicted molar refractivity (Wildman–Crippen MR) is 84.8 cm³/mol. The molecule has 1 aromatic rings. The van der Waals surface area contributed by atoms with E-state index in [-0.39, 0.29) is 11.4 Å². The SMILES string of the molecule is CCN1CCCN(C(=O)c2ccccn2)CC12CCOCC2. The van der Waals surface area contributed by atoms with Gasteiger partial charge in [-0.15, -0.1) is 0 Å². The molecular formula is C17H25N3O2. The van der Waals surface area contributed by atoms with Crippen molar-refractivity contribution in [1.82, 2.24) is 14.8 Å². The van der Waals surface area contributed by atoms with E-state index < -0.39 is 0 Å². The Morgan fingerprint density at radius 3 is 2.82 bits per heavy atom. The summed E-state index contributed by atoms with van der Waals surface area (Å²) in [6.45, 7) is 7.50. The summed E-state index contributed by atoms with van der Waals surface area (Å²) >= 11 is 0. The topological polar surface area (TPSA) is 45.7 Å². The van der Waals surface area contributed by atoms with E-state index in [0.717, 1.165) is 58.7 Å². The Morgan fingerprint density at radius 2 is 2.14 bits per heavy atom. The molecule has 120 valence electrons. The maximum atomic E-state index is 12.8. The average molecular weight is 303 g/mol. The van der Waals surface area contributed by atoms with Crippen LogP contribution < -0.4 is 0 Å². The molecular weight excluding hydrogens is 278 g/mol. The number of rotatable bonds is 2. The smallest absolute Gasteiger partial charge is 0.272 e. The zero-order valence-electron chi connectivity index (χ0n) is 13.3. The van der Waals surface area contributed by atoms with E-state index in [1.165, 1.54) is 0 Å². The van der Waals surface area contributed by atoms with Crippen LogP contribution in [-0.2, 0) is 4.74 Å². The first-order chi connectivity index (χ1) is 10.7. The molecule has 0 unspecified atom stereocenters. The summed E-state index contributed by atoms with van der Waals surface area (Å²) in [5.41, 5.74) is 0.628. The number of aromatic nitrogens is 1. The molecule has 0 atom stereocenters. The fourth-order valence-electron chi connectivity index (χ4n) is 3.77. The third kappa shape index (κ3) is 3.01. The van der Waals surface area contributed by atoms with Crippen LogP contribution in [0.25, 0.3) is 0 Å². The van der Waals surface area contributed by atoms with Crippen LogP contribution in [0.4, 0.5) is 0 Å². The number of nitrogens with zero attached hydrogens (tertiary/aromatic N) is 3. The Morgan fingerprint density at radius 1 is 1.32 bits per heavy atom. The first-order valence-corrected chi connectivity index (χ1v) is 8.28. The van der Waals surface area contributed by atoms with Crippen LogP contribution in [0.3, 0.4) is 0 Å². The van der Waals surface area contributed by atoms with Crippen molar-refractivity contribution in [3.8, 4) is 0 Å². The molecule has 2 fully saturated rings. The number of carbonyl (C=O) groups is 1. The van der Waals surface area contributed by atoms with Crippen molar-refractivity contribution in [2.75, 3.05) is 39.4 Å². The summed E-state index contributed by atoms with van der Waals surface area (Å²) in [4.78, 5) is 21.6. The lowest BCUT2D eigenvalue weighted by Gasteiger charge is -2.46. The molecule has 3 rings (SSSR count). The molecule has 1 aromatic heterocycles. The van der Waals surface area contributed by atoms with Crippen molar-refractivity contribution < 1.29 is 9.53 Å². The molecule has 22 heavy (non-hydrogen) atoms. The van der Waals surface area contributed by atoms with E-state index in [4.69, 9.17) is 4.74 Å². The summed E-state index contributed by atoms with van der Waals surface area (Å²) in [6, 6.07) is 5.53. The van der Waals surface area contributed by atoms with Gasteiger partial charge in [-0.2, -0.15) is 0 Å². The highest BCUT2D eigenvalue weighted by atomic mass is 16.5. The standard InChI is InChI=1S/C17H25N3O2/c1-2-20-11-5-10-19(14-17(20)7-12-22-13-8-17)16(21)15-6-3-4-9-18-15/h3-4,6,9H,2,5,7-8,10-14H2,1H3. The molecule has 0 aromatic carbocycles. The van der Waals surface area contributed by atoms with E-state index in [1.54, 1.807) is 6.20 Å². The van der Waals surface area contributed by atoms with Crippen molar-refractivity contribution in [3.05, 3.63) is 30.1 Å². The van der Waals surface area contributed by atoms with Gasteiger partial charge < -0.3 is 9.64 Å². The maximum Gasteiger partial charge on any atom is 0.272 e. The summed E-state index contributed by atoms with van der Waals surface area (Å²) in [7, 11) is 0. The second-order valence-corrected chi connectivity index (χ2v) is 6.21. The van der Waals surface area contributed by atoms with E-state index >= 15 is 0 Å². The molecule has 1 spiro atoms. The van der Waals surface area contributed by atoms with Gasteiger partial charge in [0.05, 0.1) is 0 Å². The quantitative estimate of drug-likeness (QED) is 0.836. The Hall–Kier alpha value is -1.46. The summed E-state index contributed by atoms with van der Waals surface area (Å²) in [5.74, 6) is 0.0596. The third-order valence-corrected chi connectivity index (χ3v) is 4.99. The highest BCUT2D eigenvalue weighted by Crippen LogP contribution is 2.31. The van der Waals surface area contributed by atoms with Gasteiger partial charge in [0.1, 0.15) is 5.69 Å². The van der Waals surface area contributed by atoms with Crippen LogP contribution in [0.15, 0.2) is 24.4 Å². The van der Waals surface area contributed by atoms with Gasteiger partial charge in [0, 0.05) is 44.6 Å². The molecule has 0 bridgehead atoms. The minimum atomic E-state index is 0.0596. The summed E-state index contributed by atoms with van der Waals surface area (Å²) in [6.07, 6.45) is 4.72. The molecule has 0 N–H and O–H groups in total. The molecule has 0 saturated carbocycles. The Bertz CT molecular complexity index is 500. The van der Waals surface area contributed by atoms with Gasteiger partial charge in [0.2, 0.25) is 0 Å². The minimum Gasteiger partial charge on any atom is -0.381 e. The van der Waals surface area contributed by atoms with Crippen LogP contribution in [0.5, 0.6) is 0 Å². The first-order valence-electron chi connectivity index (χ1n) is 8.28. The van der Waals surface area contributed by atoms with E-state index in [2.05, 4.69) is 16.8 Å². The minimum absolute atomic E-state index is 0.0596. The fourth-order valence-corrected chi connectivity index (χ4v) is 3.77. The van der Waals surface area contributed by atoms with Gasteiger partial charge in [-0.1, -0.05) is 13.0 Å². The average Bonchev–Trinajstić information content (AvgIpc) is 2.75. The number of pyridine rings is 1. The zero-order valence-corrected chi connectivity index (χ0v) is 13.3. The number of amides is 1. The lowest BCUT2D eigenvalue weighted by atomic mass is 9.87. The summed E-state index contributed by atoms with van der Waals surface area (Å²) in [5, 5.41) is 0. The van der Waals surface area contributed by atoms with Gasteiger partial charge in [0.15, 0.2) is 0 Å². The molecule has 2 saturated heterocycles. The van der Waals surface area contributed by atoms with Crippen molar-refractivity contribution in [2.45, 2.75) is 31.7 Å². The van der Waals surface area contributed by atoms with Crippen molar-refractivity contribution >= 4 is 5.91 Å². The number of hydrogen-bond acceptors (Lipinski definition) is 4. The molecule has 0 radical (unpaired) electrons. The van der Waals surface area contributed by atoms with Gasteiger partial charge in [-0.05, 0) is 37.9 Å². The third-order valence-electron chi connectivity index (χ3n) is 4.99. The fraction of sp³-hybridized carbons (Fsp3) is 0.647. The van der Waals surface area contributed by atoms with Crippen molar-refractivity contribution in [2.24, 2.45) is 0 Å². The number of likely N-dealkylation sites (N-methyl/N-ethyl adjacent to an activating group) is 1. The van der Waals surface area contributed by atoms with Gasteiger partial charge in [0.25, 0.3) is 5.91 Å². The molecule has 1 amide bonds. The van der Waals surface area contributed by atoms with Crippen molar-refractivity contribution in [1.29, 1.82) is 0 Å². The van der Waals surface area contributed by atoms with Gasteiger partial charge >= 0.3 is 0 Å². The Labute approximate surface area is 132 Å². The van der Waals surface area contributed by atoms with Gasteiger partial charge in [-0.3, -0.25) is 14.7 Å². The second-order valence-electron chi connectivity index (χ2n) is 6.21. The largest absolute Gasteiger partial charge is 0.381 e. The van der Waals surface area contributed by atoms with E-state index in [1.807, 2.05) is 23.1 Å². The monoisotopic (exact) mass is 303 g/mol. The summed E-state index contributed by atoms with van der Waals surface area (Å²) < 4.78 is 5.57. The lowest BCUT2D eigenvalue weighted by molar-refractivity contribution is -0.0307. The molecule has 0 aliphatic carbocycles. The predicted octanol–water partition coefficient (Wildman–Crippen LogP) is 1.80. The molecule has 3 heterocycles.